The Morgan fingerprint density at radius 1 is 0.553 bits per heavy atom. The first-order valence-electron chi connectivity index (χ1n) is 13.6. The zero-order valence-electron chi connectivity index (χ0n) is 21.6. The van der Waals surface area contributed by atoms with Crippen molar-refractivity contribution in [1.82, 2.24) is 0 Å². The minimum Gasteiger partial charge on any atom is -0.481 e. The van der Waals surface area contributed by atoms with E-state index in [1.807, 2.05) is 60.7 Å². The van der Waals surface area contributed by atoms with Crippen molar-refractivity contribution in [3.63, 3.8) is 0 Å². The number of rotatable bonds is 9. The standard InChI is InChI=1S/C30H36N2O6/c33-27(23-15-7-9-17-25(23)29(35)36)31(21-11-3-1-4-12-21)19-20-32(22-13-5-2-6-14-22)28(34)24-16-8-10-18-26(24)30(37)38/h1-6,11-14,23-26H,7-10,15-20H2,(H,35,36)(H,37,38)/t23-,24-,25-,26+/m1/s1. The van der Waals surface area contributed by atoms with E-state index in [1.165, 1.54) is 0 Å². The van der Waals surface area contributed by atoms with Crippen LogP contribution < -0.4 is 9.80 Å². The smallest absolute Gasteiger partial charge is 0.307 e. The van der Waals surface area contributed by atoms with Crippen LogP contribution >= 0.6 is 0 Å². The third-order valence-electron chi connectivity index (χ3n) is 8.02. The van der Waals surface area contributed by atoms with Gasteiger partial charge in [-0.15, -0.1) is 0 Å². The summed E-state index contributed by atoms with van der Waals surface area (Å²) >= 11 is 0. The normalized spacial score (nSPS) is 23.3. The molecule has 2 aromatic rings. The van der Waals surface area contributed by atoms with E-state index in [0.717, 1.165) is 25.7 Å². The van der Waals surface area contributed by atoms with Crippen LogP contribution in [0.4, 0.5) is 11.4 Å². The van der Waals surface area contributed by atoms with Crippen LogP contribution in [0.15, 0.2) is 60.7 Å². The molecule has 0 spiro atoms. The Morgan fingerprint density at radius 2 is 0.868 bits per heavy atom. The predicted octanol–water partition coefficient (Wildman–Crippen LogP) is 4.83. The van der Waals surface area contributed by atoms with Crippen molar-refractivity contribution in [2.24, 2.45) is 23.7 Å². The third kappa shape index (κ3) is 6.23. The van der Waals surface area contributed by atoms with Gasteiger partial charge in [0.05, 0.1) is 23.7 Å². The maximum absolute atomic E-state index is 13.9. The molecule has 8 nitrogen and oxygen atoms in total. The quantitative estimate of drug-likeness (QED) is 0.489. The van der Waals surface area contributed by atoms with Gasteiger partial charge in [0.15, 0.2) is 0 Å². The van der Waals surface area contributed by atoms with Crippen molar-refractivity contribution in [2.75, 3.05) is 22.9 Å². The molecule has 4 rings (SSSR count). The highest BCUT2D eigenvalue weighted by Gasteiger charge is 2.40. The van der Waals surface area contributed by atoms with E-state index >= 15 is 0 Å². The van der Waals surface area contributed by atoms with Crippen molar-refractivity contribution in [3.05, 3.63) is 60.7 Å². The summed E-state index contributed by atoms with van der Waals surface area (Å²) in [4.78, 5) is 54.8. The van der Waals surface area contributed by atoms with Crippen LogP contribution in [0.3, 0.4) is 0 Å². The van der Waals surface area contributed by atoms with Gasteiger partial charge in [0.1, 0.15) is 0 Å². The highest BCUT2D eigenvalue weighted by atomic mass is 16.4. The van der Waals surface area contributed by atoms with Gasteiger partial charge in [-0.05, 0) is 49.9 Å². The zero-order valence-corrected chi connectivity index (χ0v) is 21.6. The summed E-state index contributed by atoms with van der Waals surface area (Å²) in [7, 11) is 0. The summed E-state index contributed by atoms with van der Waals surface area (Å²) < 4.78 is 0. The lowest BCUT2D eigenvalue weighted by molar-refractivity contribution is -0.148. The van der Waals surface area contributed by atoms with Crippen LogP contribution in [0.25, 0.3) is 0 Å². The van der Waals surface area contributed by atoms with Crippen LogP contribution in [-0.2, 0) is 19.2 Å². The van der Waals surface area contributed by atoms with Gasteiger partial charge in [-0.1, -0.05) is 62.1 Å². The molecule has 0 unspecified atom stereocenters. The summed E-state index contributed by atoms with van der Waals surface area (Å²) in [6.07, 6.45) is 5.16. The lowest BCUT2D eigenvalue weighted by Crippen LogP contribution is -2.48. The van der Waals surface area contributed by atoms with E-state index in [4.69, 9.17) is 0 Å². The summed E-state index contributed by atoms with van der Waals surface area (Å²) in [6, 6.07) is 18.2. The Labute approximate surface area is 223 Å². The Balaban J connectivity index is 1.62. The molecule has 2 aliphatic rings. The second kappa shape index (κ2) is 12.7. The molecule has 0 aliphatic heterocycles. The molecule has 0 bridgehead atoms. The second-order valence-electron chi connectivity index (χ2n) is 10.3. The minimum atomic E-state index is -0.950. The molecule has 2 aliphatic carbocycles. The lowest BCUT2D eigenvalue weighted by atomic mass is 9.78. The van der Waals surface area contributed by atoms with Gasteiger partial charge >= 0.3 is 11.9 Å². The molecule has 2 amide bonds. The Kier molecular flexibility index (Phi) is 9.15. The predicted molar refractivity (Wildman–Crippen MR) is 144 cm³/mol. The zero-order chi connectivity index (χ0) is 27.1. The average Bonchev–Trinajstić information content (AvgIpc) is 2.95. The van der Waals surface area contributed by atoms with Gasteiger partial charge in [-0.2, -0.15) is 0 Å². The Hall–Kier alpha value is -3.68. The van der Waals surface area contributed by atoms with Crippen molar-refractivity contribution in [3.8, 4) is 0 Å². The number of benzene rings is 2. The first-order valence-corrected chi connectivity index (χ1v) is 13.6. The van der Waals surface area contributed by atoms with Gasteiger partial charge in [0, 0.05) is 24.5 Å². The van der Waals surface area contributed by atoms with Gasteiger partial charge < -0.3 is 20.0 Å². The fourth-order valence-electron chi connectivity index (χ4n) is 5.99. The van der Waals surface area contributed by atoms with Crippen LogP contribution in [-0.4, -0.2) is 47.1 Å². The maximum Gasteiger partial charge on any atom is 0.307 e. The number of hydrogen-bond acceptors (Lipinski definition) is 4. The van der Waals surface area contributed by atoms with Gasteiger partial charge in [0.2, 0.25) is 11.8 Å². The number of carboxylic acids is 2. The average molecular weight is 521 g/mol. The molecule has 0 radical (unpaired) electrons. The molecule has 2 aromatic carbocycles. The van der Waals surface area contributed by atoms with Crippen molar-refractivity contribution < 1.29 is 29.4 Å². The Morgan fingerprint density at radius 3 is 1.18 bits per heavy atom. The number of hydrogen-bond donors (Lipinski definition) is 2. The largest absolute Gasteiger partial charge is 0.481 e. The fourth-order valence-corrected chi connectivity index (χ4v) is 5.99. The van der Waals surface area contributed by atoms with Gasteiger partial charge in [0.25, 0.3) is 0 Å². The first kappa shape index (κ1) is 27.4. The van der Waals surface area contributed by atoms with Crippen LogP contribution in [0.5, 0.6) is 0 Å². The molecule has 0 saturated heterocycles. The molecule has 202 valence electrons. The molecule has 2 saturated carbocycles. The van der Waals surface area contributed by atoms with Crippen molar-refractivity contribution in [1.29, 1.82) is 0 Å². The highest BCUT2D eigenvalue weighted by Crippen LogP contribution is 2.35. The second-order valence-corrected chi connectivity index (χ2v) is 10.3. The molecular weight excluding hydrogens is 484 g/mol. The monoisotopic (exact) mass is 520 g/mol. The number of para-hydroxylation sites is 2. The van der Waals surface area contributed by atoms with E-state index in [1.54, 1.807) is 9.80 Å². The van der Waals surface area contributed by atoms with Crippen molar-refractivity contribution in [2.45, 2.75) is 51.4 Å². The molecule has 8 heteroatoms. The molecule has 0 heterocycles. The number of carbonyl (C=O) groups is 4. The van der Waals surface area contributed by atoms with Crippen LogP contribution in [0, 0.1) is 23.7 Å². The number of nitrogens with zero attached hydrogens (tertiary/aromatic N) is 2. The summed E-state index contributed by atoms with van der Waals surface area (Å²) in [5.74, 6) is -5.10. The molecule has 38 heavy (non-hydrogen) atoms. The number of carbonyl (C=O) groups excluding carboxylic acids is 2. The number of aliphatic carboxylic acids is 2. The molecule has 2 N–H and O–H groups in total. The minimum absolute atomic E-state index is 0.163. The maximum atomic E-state index is 13.9. The topological polar surface area (TPSA) is 115 Å². The van der Waals surface area contributed by atoms with E-state index < -0.39 is 35.6 Å². The summed E-state index contributed by atoms with van der Waals surface area (Å²) in [5, 5.41) is 19.6. The molecule has 4 atom stereocenters. The number of amides is 2. The first-order chi connectivity index (χ1) is 18.4. The van der Waals surface area contributed by atoms with Gasteiger partial charge in [-0.3, -0.25) is 19.2 Å². The third-order valence-corrected chi connectivity index (χ3v) is 8.02. The van der Waals surface area contributed by atoms with E-state index in [0.29, 0.717) is 37.1 Å². The van der Waals surface area contributed by atoms with E-state index in [2.05, 4.69) is 0 Å². The SMILES string of the molecule is O=C(O)[C@H]1CCCC[C@H]1C(=O)N(CCN(C(=O)[C@@H]1CCCC[C@H]1C(=O)O)c1ccccc1)c1ccccc1. The van der Waals surface area contributed by atoms with E-state index in [9.17, 15) is 29.4 Å². The lowest BCUT2D eigenvalue weighted by Gasteiger charge is -2.36. The van der Waals surface area contributed by atoms with Crippen molar-refractivity contribution >= 4 is 35.1 Å². The Bertz CT molecular complexity index is 1030. The summed E-state index contributed by atoms with van der Waals surface area (Å²) in [6.45, 7) is 0.327. The fraction of sp³-hybridized carbons (Fsp3) is 0.467. The molecular formula is C30H36N2O6. The molecule has 2 fully saturated rings. The van der Waals surface area contributed by atoms with Gasteiger partial charge in [-0.25, -0.2) is 0 Å². The molecule has 0 aromatic heterocycles. The highest BCUT2D eigenvalue weighted by molar-refractivity contribution is 5.99. The number of anilines is 2. The van der Waals surface area contributed by atoms with Crippen LogP contribution in [0.2, 0.25) is 0 Å². The summed E-state index contributed by atoms with van der Waals surface area (Å²) in [5.41, 5.74) is 1.29. The van der Waals surface area contributed by atoms with E-state index in [-0.39, 0.29) is 24.9 Å². The van der Waals surface area contributed by atoms with Crippen LogP contribution in [0.1, 0.15) is 51.4 Å². The number of carboxylic acid groups (broad SMARTS) is 2.